The van der Waals surface area contributed by atoms with Gasteiger partial charge in [-0.25, -0.2) is 15.0 Å². The number of fused-ring (bicyclic) bond motifs is 9. The van der Waals surface area contributed by atoms with Crippen LogP contribution in [0.25, 0.3) is 113 Å². The third-order valence-corrected chi connectivity index (χ3v) is 12.9. The Morgan fingerprint density at radius 2 is 1.04 bits per heavy atom. The van der Waals surface area contributed by atoms with E-state index in [1.807, 2.05) is 72.8 Å². The van der Waals surface area contributed by atoms with Crippen LogP contribution in [0.15, 0.2) is 182 Å². The summed E-state index contributed by atoms with van der Waals surface area (Å²) in [6.07, 6.45) is 0. The Morgan fingerprint density at radius 1 is 0.404 bits per heavy atom. The van der Waals surface area contributed by atoms with Gasteiger partial charge in [0.25, 0.3) is 0 Å². The summed E-state index contributed by atoms with van der Waals surface area (Å²) in [7, 11) is 0. The normalized spacial score (nSPS) is 13.3. The molecule has 0 bridgehead atoms. The Labute approximate surface area is 344 Å². The van der Waals surface area contributed by atoms with Gasteiger partial charge >= 0.3 is 0 Å². The quantitative estimate of drug-likeness (QED) is 0.175. The molecule has 4 heterocycles. The zero-order valence-electron chi connectivity index (χ0n) is 36.0. The molecule has 0 aliphatic rings. The Morgan fingerprint density at radius 3 is 1.82 bits per heavy atom. The summed E-state index contributed by atoms with van der Waals surface area (Å²) in [6, 6.07) is 47.4. The molecule has 0 aliphatic carbocycles. The molecule has 0 saturated carbocycles. The first-order valence-electron chi connectivity index (χ1n) is 21.5. The predicted octanol–water partition coefficient (Wildman–Crippen LogP) is 14.4. The summed E-state index contributed by atoms with van der Waals surface area (Å²) < 4.78 is 59.4. The maximum absolute atomic E-state index is 9.51. The summed E-state index contributed by atoms with van der Waals surface area (Å²) in [5, 5.41) is 5.07. The lowest BCUT2D eigenvalue weighted by atomic mass is 9.98. The first-order valence-corrected chi connectivity index (χ1v) is 20.2. The molecule has 0 radical (unpaired) electrons. The van der Waals surface area contributed by atoms with Crippen molar-refractivity contribution in [2.75, 3.05) is 0 Å². The molecular weight excluding hydrogens is 733 g/mol. The van der Waals surface area contributed by atoms with Gasteiger partial charge in [-0.2, -0.15) is 0 Å². The van der Waals surface area contributed by atoms with E-state index in [-0.39, 0.29) is 36.3 Å². The zero-order valence-corrected chi connectivity index (χ0v) is 31.6. The van der Waals surface area contributed by atoms with Crippen molar-refractivity contribution >= 4 is 84.8 Å². The molecule has 0 unspecified atom stereocenters. The van der Waals surface area contributed by atoms with Crippen LogP contribution in [0.2, 0.25) is 0 Å². The van der Waals surface area contributed by atoms with E-state index in [4.69, 9.17) is 21.8 Å². The summed E-state index contributed by atoms with van der Waals surface area (Å²) in [4.78, 5) is 15.4. The molecule has 0 saturated heterocycles. The van der Waals surface area contributed by atoms with Gasteiger partial charge in [-0.05, 0) is 36.4 Å². The van der Waals surface area contributed by atoms with Gasteiger partial charge in [0.2, 0.25) is 0 Å². The highest BCUT2D eigenvalue weighted by Gasteiger charge is 2.21. The monoisotopic (exact) mass is 768 g/mol. The maximum Gasteiger partial charge on any atom is 0.164 e. The van der Waals surface area contributed by atoms with E-state index >= 15 is 0 Å². The molecule has 0 aliphatic heterocycles. The van der Waals surface area contributed by atoms with E-state index in [2.05, 4.69) is 71.3 Å². The first-order chi connectivity index (χ1) is 30.7. The van der Waals surface area contributed by atoms with Gasteiger partial charge in [0.15, 0.2) is 17.5 Å². The number of rotatable bonds is 5. The van der Waals surface area contributed by atoms with Crippen molar-refractivity contribution in [1.82, 2.24) is 19.5 Å². The lowest BCUT2D eigenvalue weighted by molar-refractivity contribution is 1.07. The summed E-state index contributed by atoms with van der Waals surface area (Å²) in [6.45, 7) is 0. The highest BCUT2D eigenvalue weighted by molar-refractivity contribution is 7.26. The molecule has 266 valence electrons. The smallest absolute Gasteiger partial charge is 0.164 e. The van der Waals surface area contributed by atoms with Crippen LogP contribution in [0.5, 0.6) is 0 Å². The predicted molar refractivity (Wildman–Crippen MR) is 242 cm³/mol. The minimum atomic E-state index is -0.291. The fourth-order valence-corrected chi connectivity index (χ4v) is 10.3. The van der Waals surface area contributed by atoms with Crippen LogP contribution < -0.4 is 0 Å². The van der Waals surface area contributed by atoms with Crippen LogP contribution in [0.1, 0.15) is 8.22 Å². The summed E-state index contributed by atoms with van der Waals surface area (Å²) >= 11 is 2.97. The molecule has 0 spiro atoms. The number of hydrogen-bond acceptors (Lipinski definition) is 5. The average molecular weight is 769 g/mol. The highest BCUT2D eigenvalue weighted by atomic mass is 32.1. The van der Waals surface area contributed by atoms with Gasteiger partial charge in [-0.15, -0.1) is 22.7 Å². The standard InChI is InChI=1S/C51H30N4S2/c1-2-13-31(14-3-1)49-52-50(54-51(53-49)33-26-28-39-37-17-6-10-23-45(37)56-47(39)30-33)32-25-27-36(40-19-12-20-41-38-18-7-11-24-46(38)57-48(40)41)44(29-32)55-42-21-8-4-15-34(42)35-16-5-9-22-43(35)55/h1-30H/i7D,12D,18D,19D,20D,24D. The van der Waals surface area contributed by atoms with Crippen molar-refractivity contribution < 1.29 is 8.22 Å². The summed E-state index contributed by atoms with van der Waals surface area (Å²) in [5.41, 5.74) is 5.99. The molecule has 0 fully saturated rings. The molecule has 12 aromatic rings. The molecule has 4 nitrogen and oxygen atoms in total. The number of para-hydroxylation sites is 2. The molecule has 6 heteroatoms. The lowest BCUT2D eigenvalue weighted by Crippen LogP contribution is -2.02. The first kappa shape index (κ1) is 26.8. The number of nitrogens with zero attached hydrogens (tertiary/aromatic N) is 4. The van der Waals surface area contributed by atoms with E-state index in [9.17, 15) is 1.37 Å². The minimum absolute atomic E-state index is 0.0694. The van der Waals surface area contributed by atoms with Gasteiger partial charge in [-0.3, -0.25) is 0 Å². The second-order valence-corrected chi connectivity index (χ2v) is 16.0. The van der Waals surface area contributed by atoms with E-state index in [1.165, 1.54) is 32.9 Å². The van der Waals surface area contributed by atoms with Crippen LogP contribution in [-0.2, 0) is 0 Å². The van der Waals surface area contributed by atoms with Crippen molar-refractivity contribution in [2.24, 2.45) is 0 Å². The largest absolute Gasteiger partial charge is 0.309 e. The van der Waals surface area contributed by atoms with E-state index < -0.39 is 0 Å². The van der Waals surface area contributed by atoms with Crippen LogP contribution in [0.3, 0.4) is 0 Å². The maximum atomic E-state index is 9.51. The fourth-order valence-electron chi connectivity index (χ4n) is 8.02. The van der Waals surface area contributed by atoms with Gasteiger partial charge in [0.05, 0.1) is 24.9 Å². The lowest BCUT2D eigenvalue weighted by Gasteiger charge is -2.17. The van der Waals surface area contributed by atoms with Gasteiger partial charge < -0.3 is 4.57 Å². The average Bonchev–Trinajstić information content (AvgIpc) is 4.01. The van der Waals surface area contributed by atoms with Crippen molar-refractivity contribution in [3.05, 3.63) is 182 Å². The summed E-state index contributed by atoms with van der Waals surface area (Å²) in [5.74, 6) is 1.49. The van der Waals surface area contributed by atoms with Crippen LogP contribution >= 0.6 is 22.7 Å². The van der Waals surface area contributed by atoms with E-state index in [0.29, 0.717) is 60.0 Å². The number of benzene rings is 8. The molecule has 57 heavy (non-hydrogen) atoms. The number of aromatic nitrogens is 4. The third-order valence-electron chi connectivity index (χ3n) is 10.6. The van der Waals surface area contributed by atoms with Crippen molar-refractivity contribution in [3.63, 3.8) is 0 Å². The molecule has 0 amide bonds. The van der Waals surface area contributed by atoms with Gasteiger partial charge in [-0.1, -0.05) is 145 Å². The van der Waals surface area contributed by atoms with E-state index in [1.54, 1.807) is 11.3 Å². The highest BCUT2D eigenvalue weighted by Crippen LogP contribution is 2.44. The Hall–Kier alpha value is -6.99. The molecule has 8 aromatic carbocycles. The second-order valence-electron chi connectivity index (χ2n) is 13.9. The molecular formula is C51H30N4S2. The van der Waals surface area contributed by atoms with Gasteiger partial charge in [0.1, 0.15) is 0 Å². The Kier molecular flexibility index (Phi) is 6.00. The zero-order chi connectivity index (χ0) is 42.7. The topological polar surface area (TPSA) is 43.6 Å². The van der Waals surface area contributed by atoms with Crippen molar-refractivity contribution in [3.8, 4) is 51.0 Å². The third kappa shape index (κ3) is 5.15. The second kappa shape index (κ2) is 12.8. The minimum Gasteiger partial charge on any atom is -0.309 e. The number of thiophene rings is 2. The molecule has 12 rings (SSSR count). The molecule has 4 aromatic heterocycles. The molecule has 0 atom stereocenters. The van der Waals surface area contributed by atoms with E-state index in [0.717, 1.165) is 37.6 Å². The molecule has 0 N–H and O–H groups in total. The Bertz CT molecular complexity index is 3840. The SMILES string of the molecule is [2H]c1cc([2H])c2sc3c(-c4ccc(-c5nc(-c6ccccc6)nc(-c6ccc7c(c6)sc6ccccc67)n5)cc4-n4c5ccccc5c5ccccc54)c([2H])c([2H])c([2H])c3c2c1[2H]. The van der Waals surface area contributed by atoms with Crippen LogP contribution in [0.4, 0.5) is 0 Å². The number of hydrogen-bond donors (Lipinski definition) is 0. The van der Waals surface area contributed by atoms with Gasteiger partial charge in [0, 0.05) is 78.9 Å². The van der Waals surface area contributed by atoms with Crippen molar-refractivity contribution in [1.29, 1.82) is 0 Å². The van der Waals surface area contributed by atoms with Crippen LogP contribution in [0, 0.1) is 0 Å². The van der Waals surface area contributed by atoms with Crippen LogP contribution in [-0.4, -0.2) is 19.5 Å². The fraction of sp³-hybridized carbons (Fsp3) is 0. The van der Waals surface area contributed by atoms with Crippen molar-refractivity contribution in [2.45, 2.75) is 0 Å². The Balaban J connectivity index is 1.16.